The van der Waals surface area contributed by atoms with Gasteiger partial charge in [0, 0.05) is 12.3 Å². The molecule has 0 aromatic heterocycles. The Hall–Kier alpha value is -1.82. The van der Waals surface area contributed by atoms with Crippen LogP contribution in [0.5, 0.6) is 0 Å². The van der Waals surface area contributed by atoms with Crippen molar-refractivity contribution in [3.05, 3.63) is 0 Å². The molecule has 0 bridgehead atoms. The third-order valence-corrected chi connectivity index (χ3v) is 9.90. The first-order chi connectivity index (χ1) is 25.5. The molecule has 0 aromatic carbocycles. The molecule has 4 heterocycles. The van der Waals surface area contributed by atoms with Gasteiger partial charge in [-0.15, -0.1) is 0 Å². The largest absolute Gasteiger partial charge is 0.548 e. The number of hydrogen-bond acceptors (Lipinski definition) is 23. The van der Waals surface area contributed by atoms with Crippen LogP contribution < -0.4 is 10.2 Å². The van der Waals surface area contributed by atoms with Crippen LogP contribution in [0.25, 0.3) is 0 Å². The van der Waals surface area contributed by atoms with Crippen LogP contribution in [0.1, 0.15) is 20.3 Å². The summed E-state index contributed by atoms with van der Waals surface area (Å²) in [4.78, 5) is 22.4. The second kappa shape index (κ2) is 19.6. The van der Waals surface area contributed by atoms with Gasteiger partial charge in [-0.25, -0.2) is 0 Å². The third-order valence-electron chi connectivity index (χ3n) is 9.90. The molecule has 4 fully saturated rings. The molecule has 0 saturated carbocycles. The zero-order chi connectivity index (χ0) is 40.1. The molecule has 23 heteroatoms. The molecule has 54 heavy (non-hydrogen) atoms. The summed E-state index contributed by atoms with van der Waals surface area (Å²) in [5.41, 5.74) is -1.60. The predicted octanol–water partition coefficient (Wildman–Crippen LogP) is -9.46. The summed E-state index contributed by atoms with van der Waals surface area (Å²) in [7, 11) is 0. The quantitative estimate of drug-likeness (QED) is 0.0654. The van der Waals surface area contributed by atoms with E-state index in [1.54, 1.807) is 0 Å². The van der Waals surface area contributed by atoms with Crippen LogP contribution in [0.4, 0.5) is 0 Å². The highest BCUT2D eigenvalue weighted by Crippen LogP contribution is 2.36. The number of carbonyl (C=O) groups is 2. The van der Waals surface area contributed by atoms with Crippen molar-refractivity contribution in [1.29, 1.82) is 0 Å². The zero-order valence-electron chi connectivity index (χ0n) is 29.3. The van der Waals surface area contributed by atoms with E-state index in [4.69, 9.17) is 42.6 Å². The smallest absolute Gasteiger partial charge is 0.187 e. The Morgan fingerprint density at radius 2 is 1.13 bits per heavy atom. The van der Waals surface area contributed by atoms with Crippen LogP contribution in [0.15, 0.2) is 0 Å². The molecule has 23 nitrogen and oxygen atoms in total. The van der Waals surface area contributed by atoms with Gasteiger partial charge in [0.1, 0.15) is 66.6 Å². The van der Waals surface area contributed by atoms with Gasteiger partial charge in [0.05, 0.1) is 82.6 Å². The Morgan fingerprint density at radius 1 is 0.630 bits per heavy atom. The van der Waals surface area contributed by atoms with Gasteiger partial charge in [-0.1, -0.05) is 6.92 Å². The number of carboxylic acid groups (broad SMARTS) is 2. The molecule has 4 aliphatic heterocycles. The van der Waals surface area contributed by atoms with E-state index in [1.165, 1.54) is 13.8 Å². The Bertz CT molecular complexity index is 1180. The number of carbonyl (C=O) groups excluding carboxylic acids is 2. The van der Waals surface area contributed by atoms with E-state index in [9.17, 15) is 70.9 Å². The van der Waals surface area contributed by atoms with Crippen molar-refractivity contribution in [2.24, 2.45) is 5.92 Å². The number of rotatable bonds is 17. The number of aliphatic hydroxyl groups excluding tert-OH is 10. The minimum absolute atomic E-state index is 0.304. The first-order valence-electron chi connectivity index (χ1n) is 17.2. The maximum Gasteiger partial charge on any atom is 0.187 e. The fourth-order valence-electron chi connectivity index (χ4n) is 6.84. The van der Waals surface area contributed by atoms with Crippen molar-refractivity contribution >= 4 is 11.9 Å². The third kappa shape index (κ3) is 10.2. The molecule has 4 saturated heterocycles. The molecule has 0 aromatic rings. The average molecular weight is 791 g/mol. The fraction of sp³-hybridized carbons (Fsp3) is 0.935. The lowest BCUT2D eigenvalue weighted by molar-refractivity contribution is -0.384. The highest BCUT2D eigenvalue weighted by molar-refractivity contribution is 5.65. The standard InChI is InChI=1S/C31H52O23/c1-11-14(4-32)49-30(26(19(11)41)46-7-17(37)38)53-24-15(5-33)50-28(22(44)21(24)43)52-25-16(6-34)51-29(27(23(25)45)47-8-18(39)40)48-10-31(9-35)3-13(36)20(42)12(2)54-31/h11-16,19-30,32-36,41-45H,3-10H2,1-2H3,(H,37,38)(H,39,40)/p-2/t11?,12?,13?,14?,15?,16?,19?,20?,21?,22?,23-,24+,25+,26?,27?,28-,29+,30-,31?/m0/s1. The molecule has 4 aliphatic rings. The number of aliphatic hydroxyl groups is 10. The molecule has 0 aliphatic carbocycles. The number of carboxylic acids is 2. The van der Waals surface area contributed by atoms with Crippen molar-refractivity contribution in [3.8, 4) is 0 Å². The Labute approximate surface area is 308 Å². The highest BCUT2D eigenvalue weighted by atomic mass is 16.8. The van der Waals surface area contributed by atoms with Crippen molar-refractivity contribution in [2.75, 3.05) is 46.2 Å². The van der Waals surface area contributed by atoms with E-state index in [2.05, 4.69) is 0 Å². The lowest BCUT2D eigenvalue weighted by Crippen LogP contribution is -2.67. The van der Waals surface area contributed by atoms with Crippen LogP contribution in [0.2, 0.25) is 0 Å². The Kier molecular flexibility index (Phi) is 16.3. The summed E-state index contributed by atoms with van der Waals surface area (Å²) in [6.07, 6.45) is -27.5. The molecular formula is C31H50O23-2. The van der Waals surface area contributed by atoms with E-state index >= 15 is 0 Å². The average Bonchev–Trinajstić information content (AvgIpc) is 3.13. The number of aliphatic carboxylic acids is 2. The normalized spacial score (nSPS) is 45.9. The van der Waals surface area contributed by atoms with Crippen molar-refractivity contribution in [2.45, 2.75) is 130 Å². The molecule has 10 N–H and O–H groups in total. The Balaban J connectivity index is 1.50. The topological polar surface area (TPSA) is 366 Å². The number of hydrogen-bond donors (Lipinski definition) is 10. The summed E-state index contributed by atoms with van der Waals surface area (Å²) in [6, 6.07) is 0. The van der Waals surface area contributed by atoms with Crippen molar-refractivity contribution in [1.82, 2.24) is 0 Å². The van der Waals surface area contributed by atoms with Gasteiger partial charge in [-0.3, -0.25) is 0 Å². The molecule has 13 unspecified atom stereocenters. The minimum Gasteiger partial charge on any atom is -0.548 e. The minimum atomic E-state index is -2.07. The maximum atomic E-state index is 11.4. The van der Waals surface area contributed by atoms with Gasteiger partial charge in [-0.2, -0.15) is 0 Å². The summed E-state index contributed by atoms with van der Waals surface area (Å²) < 4.78 is 50.5. The fourth-order valence-corrected chi connectivity index (χ4v) is 6.84. The van der Waals surface area contributed by atoms with Gasteiger partial charge in [0.2, 0.25) is 0 Å². The molecule has 19 atom stereocenters. The molecule has 0 radical (unpaired) electrons. The second-order valence-electron chi connectivity index (χ2n) is 13.7. The summed E-state index contributed by atoms with van der Waals surface area (Å²) in [5, 5.41) is 127. The van der Waals surface area contributed by atoms with Gasteiger partial charge in [-0.05, 0) is 6.92 Å². The Morgan fingerprint density at radius 3 is 1.65 bits per heavy atom. The monoisotopic (exact) mass is 790 g/mol. The van der Waals surface area contributed by atoms with E-state index < -0.39 is 174 Å². The van der Waals surface area contributed by atoms with Crippen LogP contribution in [0, 0.1) is 5.92 Å². The maximum absolute atomic E-state index is 11.4. The van der Waals surface area contributed by atoms with Crippen LogP contribution >= 0.6 is 0 Å². The van der Waals surface area contributed by atoms with E-state index in [0.717, 1.165) is 0 Å². The second-order valence-corrected chi connectivity index (χ2v) is 13.7. The van der Waals surface area contributed by atoms with Crippen molar-refractivity contribution < 1.29 is 113 Å². The molecule has 0 amide bonds. The molecule has 314 valence electrons. The summed E-state index contributed by atoms with van der Waals surface area (Å²) in [5.74, 6) is -4.16. The molecule has 0 spiro atoms. The molecular weight excluding hydrogens is 740 g/mol. The lowest BCUT2D eigenvalue weighted by Gasteiger charge is -2.49. The van der Waals surface area contributed by atoms with Crippen molar-refractivity contribution in [3.63, 3.8) is 0 Å². The lowest BCUT2D eigenvalue weighted by atomic mass is 9.89. The van der Waals surface area contributed by atoms with Gasteiger partial charge in [0.25, 0.3) is 0 Å². The summed E-state index contributed by atoms with van der Waals surface area (Å²) >= 11 is 0. The highest BCUT2D eigenvalue weighted by Gasteiger charge is 2.55. The van der Waals surface area contributed by atoms with E-state index in [1.807, 2.05) is 0 Å². The van der Waals surface area contributed by atoms with Crippen LogP contribution in [-0.4, -0.2) is 219 Å². The first kappa shape index (κ1) is 44.9. The SMILES string of the molecule is CC1OC(CO)(CO[C@@H]2OC(CO)[C@@H](O[C@@H]3OC(CO)[C@@H](O[C@@H]4OC(CO)C(C)C(O)C4OCC(=O)[O-])C(O)C3O)[C@H](O)C2OCC(=O)[O-])CC(O)C1O. The van der Waals surface area contributed by atoms with E-state index in [0.29, 0.717) is 0 Å². The van der Waals surface area contributed by atoms with Gasteiger partial charge >= 0.3 is 0 Å². The van der Waals surface area contributed by atoms with Crippen LogP contribution in [0.3, 0.4) is 0 Å². The molecule has 4 rings (SSSR count). The van der Waals surface area contributed by atoms with Gasteiger partial charge in [0.15, 0.2) is 18.9 Å². The predicted molar refractivity (Wildman–Crippen MR) is 163 cm³/mol. The number of ether oxygens (including phenoxy) is 9. The van der Waals surface area contributed by atoms with E-state index in [-0.39, 0.29) is 6.42 Å². The zero-order valence-corrected chi connectivity index (χ0v) is 29.3. The summed E-state index contributed by atoms with van der Waals surface area (Å²) in [6.45, 7) is -2.91. The first-order valence-corrected chi connectivity index (χ1v) is 17.2. The van der Waals surface area contributed by atoms with Crippen LogP contribution in [-0.2, 0) is 52.2 Å². The van der Waals surface area contributed by atoms with Gasteiger partial charge < -0.3 is 113 Å².